The molecular formula is C11H11ClN4O4S. The molecule has 10 heteroatoms. The lowest BCUT2D eigenvalue weighted by Gasteiger charge is -2.16. The van der Waals surface area contributed by atoms with E-state index in [2.05, 4.69) is 10.2 Å². The summed E-state index contributed by atoms with van der Waals surface area (Å²) in [5.41, 5.74) is 0.0826. The summed E-state index contributed by atoms with van der Waals surface area (Å²) in [6.07, 6.45) is 3.02. The molecule has 1 N–H and O–H groups in total. The molecule has 21 heavy (non-hydrogen) atoms. The van der Waals surface area contributed by atoms with Crippen molar-refractivity contribution in [3.05, 3.63) is 51.3 Å². The Kier molecular flexibility index (Phi) is 4.26. The van der Waals surface area contributed by atoms with Gasteiger partial charge in [0.1, 0.15) is 0 Å². The smallest absolute Gasteiger partial charge is 0.285 e. The Morgan fingerprint density at radius 3 is 2.76 bits per heavy atom. The number of rotatable bonds is 5. The molecule has 2 rings (SSSR count). The van der Waals surface area contributed by atoms with Gasteiger partial charge in [0.2, 0.25) is 10.0 Å². The van der Waals surface area contributed by atoms with E-state index in [0.717, 1.165) is 16.4 Å². The van der Waals surface area contributed by atoms with Crippen LogP contribution in [0.1, 0.15) is 5.56 Å². The van der Waals surface area contributed by atoms with Gasteiger partial charge >= 0.3 is 0 Å². The molecule has 2 aromatic rings. The summed E-state index contributed by atoms with van der Waals surface area (Å²) in [4.78, 5) is 9.84. The average molecular weight is 331 g/mol. The fourth-order valence-corrected chi connectivity index (χ4v) is 3.18. The molecule has 0 amide bonds. The van der Waals surface area contributed by atoms with E-state index in [4.69, 9.17) is 11.6 Å². The number of nitro benzene ring substituents is 1. The monoisotopic (exact) mass is 330 g/mol. The highest BCUT2D eigenvalue weighted by Gasteiger charge is 2.29. The van der Waals surface area contributed by atoms with E-state index in [-0.39, 0.29) is 11.6 Å². The van der Waals surface area contributed by atoms with Crippen molar-refractivity contribution in [2.45, 2.75) is 11.4 Å². The van der Waals surface area contributed by atoms with Gasteiger partial charge < -0.3 is 0 Å². The zero-order valence-electron chi connectivity index (χ0n) is 10.9. The second-order valence-electron chi connectivity index (χ2n) is 4.24. The van der Waals surface area contributed by atoms with Gasteiger partial charge in [0, 0.05) is 36.4 Å². The van der Waals surface area contributed by atoms with Gasteiger partial charge in [-0.2, -0.15) is 9.40 Å². The Hall–Kier alpha value is -1.97. The number of H-pyrrole nitrogens is 1. The molecule has 0 radical (unpaired) electrons. The molecule has 1 aromatic heterocycles. The summed E-state index contributed by atoms with van der Waals surface area (Å²) in [6, 6.07) is 3.44. The topological polar surface area (TPSA) is 109 Å². The van der Waals surface area contributed by atoms with Gasteiger partial charge in [0.25, 0.3) is 5.69 Å². The van der Waals surface area contributed by atoms with Crippen LogP contribution >= 0.6 is 11.6 Å². The molecule has 112 valence electrons. The van der Waals surface area contributed by atoms with Crippen molar-refractivity contribution >= 4 is 27.3 Å². The SMILES string of the molecule is CN(Cc1cn[nH]c1)S(=O)(=O)c1ccc(Cl)cc1[N+](=O)[O-]. The summed E-state index contributed by atoms with van der Waals surface area (Å²) in [5, 5.41) is 17.4. The van der Waals surface area contributed by atoms with Gasteiger partial charge in [-0.05, 0) is 12.1 Å². The van der Waals surface area contributed by atoms with E-state index in [0.29, 0.717) is 5.56 Å². The summed E-state index contributed by atoms with van der Waals surface area (Å²) in [7, 11) is -2.68. The van der Waals surface area contributed by atoms with E-state index >= 15 is 0 Å². The Morgan fingerprint density at radius 2 is 2.19 bits per heavy atom. The molecular weight excluding hydrogens is 320 g/mol. The number of nitrogens with zero attached hydrogens (tertiary/aromatic N) is 3. The van der Waals surface area contributed by atoms with Crippen molar-refractivity contribution in [3.8, 4) is 0 Å². The number of hydrogen-bond acceptors (Lipinski definition) is 5. The molecule has 0 aliphatic rings. The molecule has 0 bridgehead atoms. The van der Waals surface area contributed by atoms with Gasteiger partial charge in [-0.1, -0.05) is 11.6 Å². The number of aromatic nitrogens is 2. The molecule has 8 nitrogen and oxygen atoms in total. The van der Waals surface area contributed by atoms with Crippen LogP contribution in [0.15, 0.2) is 35.5 Å². The molecule has 1 aromatic carbocycles. The van der Waals surface area contributed by atoms with Gasteiger partial charge in [-0.15, -0.1) is 0 Å². The summed E-state index contributed by atoms with van der Waals surface area (Å²) in [5.74, 6) is 0. The van der Waals surface area contributed by atoms with Crippen molar-refractivity contribution in [3.63, 3.8) is 0 Å². The summed E-state index contributed by atoms with van der Waals surface area (Å²) >= 11 is 5.68. The second kappa shape index (κ2) is 5.80. The van der Waals surface area contributed by atoms with E-state index < -0.39 is 25.5 Å². The lowest BCUT2D eigenvalue weighted by Crippen LogP contribution is -2.27. The number of benzene rings is 1. The molecule has 0 aliphatic heterocycles. The average Bonchev–Trinajstić information content (AvgIpc) is 2.91. The second-order valence-corrected chi connectivity index (χ2v) is 6.69. The van der Waals surface area contributed by atoms with Crippen LogP contribution in [0.3, 0.4) is 0 Å². The number of nitro groups is 1. The molecule has 0 saturated heterocycles. The molecule has 1 heterocycles. The largest absolute Gasteiger partial charge is 0.290 e. The van der Waals surface area contributed by atoms with Gasteiger partial charge in [-0.3, -0.25) is 15.2 Å². The predicted molar refractivity (Wildman–Crippen MR) is 75.3 cm³/mol. The Balaban J connectivity index is 2.41. The van der Waals surface area contributed by atoms with Gasteiger partial charge in [0.15, 0.2) is 4.90 Å². The molecule has 0 spiro atoms. The zero-order valence-corrected chi connectivity index (χ0v) is 12.4. The maximum absolute atomic E-state index is 12.4. The highest BCUT2D eigenvalue weighted by atomic mass is 35.5. The lowest BCUT2D eigenvalue weighted by molar-refractivity contribution is -0.387. The fraction of sp³-hybridized carbons (Fsp3) is 0.182. The number of aromatic amines is 1. The summed E-state index contributed by atoms with van der Waals surface area (Å²) < 4.78 is 25.9. The third-order valence-corrected chi connectivity index (χ3v) is 4.85. The minimum absolute atomic E-state index is 0.0403. The molecule has 0 atom stereocenters. The Bertz CT molecular complexity index is 761. The lowest BCUT2D eigenvalue weighted by atomic mass is 10.3. The van der Waals surface area contributed by atoms with Crippen molar-refractivity contribution < 1.29 is 13.3 Å². The Labute approximate surface area is 125 Å². The van der Waals surface area contributed by atoms with Crippen molar-refractivity contribution in [2.24, 2.45) is 0 Å². The van der Waals surface area contributed by atoms with E-state index in [9.17, 15) is 18.5 Å². The van der Waals surface area contributed by atoms with Gasteiger partial charge in [0.05, 0.1) is 11.1 Å². The minimum Gasteiger partial charge on any atom is -0.285 e. The predicted octanol–water partition coefficient (Wildman–Crippen LogP) is 1.79. The highest BCUT2D eigenvalue weighted by Crippen LogP contribution is 2.29. The van der Waals surface area contributed by atoms with Crippen LogP contribution in [-0.2, 0) is 16.6 Å². The number of halogens is 1. The quantitative estimate of drug-likeness (QED) is 0.664. The normalized spacial score (nSPS) is 11.8. The third kappa shape index (κ3) is 3.20. The van der Waals surface area contributed by atoms with E-state index in [1.54, 1.807) is 6.20 Å². The first kappa shape index (κ1) is 15.4. The maximum Gasteiger partial charge on any atom is 0.290 e. The van der Waals surface area contributed by atoms with Crippen LogP contribution in [-0.4, -0.2) is 34.9 Å². The third-order valence-electron chi connectivity index (χ3n) is 2.77. The molecule has 0 saturated carbocycles. The first-order valence-corrected chi connectivity index (χ1v) is 7.52. The van der Waals surface area contributed by atoms with Crippen molar-refractivity contribution in [1.82, 2.24) is 14.5 Å². The number of sulfonamides is 1. The number of nitrogens with one attached hydrogen (secondary N) is 1. The van der Waals surface area contributed by atoms with Crippen molar-refractivity contribution in [1.29, 1.82) is 0 Å². The molecule has 0 aliphatic carbocycles. The van der Waals surface area contributed by atoms with Gasteiger partial charge in [-0.25, -0.2) is 8.42 Å². The van der Waals surface area contributed by atoms with E-state index in [1.807, 2.05) is 0 Å². The maximum atomic E-state index is 12.4. The zero-order chi connectivity index (χ0) is 15.6. The van der Waals surface area contributed by atoms with Crippen LogP contribution in [0.5, 0.6) is 0 Å². The van der Waals surface area contributed by atoms with Crippen molar-refractivity contribution in [2.75, 3.05) is 7.05 Å². The standard InChI is InChI=1S/C11H11ClN4O4S/c1-15(7-8-5-13-14-6-8)21(19,20)11-3-2-9(12)4-10(11)16(17)18/h2-6H,7H2,1H3,(H,13,14). The first-order chi connectivity index (χ1) is 9.82. The fourth-order valence-electron chi connectivity index (χ4n) is 1.73. The summed E-state index contributed by atoms with van der Waals surface area (Å²) in [6.45, 7) is 0.0403. The van der Waals surface area contributed by atoms with Crippen LogP contribution in [0.2, 0.25) is 5.02 Å². The number of hydrogen-bond donors (Lipinski definition) is 1. The van der Waals surface area contributed by atoms with Crippen LogP contribution in [0.25, 0.3) is 0 Å². The molecule has 0 unspecified atom stereocenters. The molecule has 0 fully saturated rings. The van der Waals surface area contributed by atoms with E-state index in [1.165, 1.54) is 19.3 Å². The van der Waals surface area contributed by atoms with Crippen LogP contribution < -0.4 is 0 Å². The first-order valence-electron chi connectivity index (χ1n) is 5.70. The van der Waals surface area contributed by atoms with Crippen LogP contribution in [0.4, 0.5) is 5.69 Å². The highest BCUT2D eigenvalue weighted by molar-refractivity contribution is 7.89. The van der Waals surface area contributed by atoms with Crippen LogP contribution in [0, 0.1) is 10.1 Å². The minimum atomic E-state index is -4.02. The Morgan fingerprint density at radius 1 is 1.48 bits per heavy atom.